The van der Waals surface area contributed by atoms with Crippen molar-refractivity contribution in [3.8, 4) is 11.5 Å². The number of likely N-dealkylation sites (tertiary alicyclic amines) is 1. The zero-order chi connectivity index (χ0) is 25.2. The topological polar surface area (TPSA) is 52.8 Å². The predicted octanol–water partition coefficient (Wildman–Crippen LogP) is 5.83. The molecule has 2 fully saturated rings. The fraction of sp³-hybridized carbons (Fsp3) is 0.429. The first-order valence-electron chi connectivity index (χ1n) is 12.6. The third kappa shape index (κ3) is 5.56. The zero-order valence-electron chi connectivity index (χ0n) is 20.8. The Labute approximate surface area is 222 Å². The third-order valence-electron chi connectivity index (χ3n) is 7.32. The molecule has 2 aliphatic rings. The highest BCUT2D eigenvalue weighted by Crippen LogP contribution is 2.28. The fourth-order valence-corrected chi connectivity index (χ4v) is 5.54. The second-order valence-electron chi connectivity index (χ2n) is 9.85. The van der Waals surface area contributed by atoms with E-state index in [1.165, 1.54) is 11.3 Å². The van der Waals surface area contributed by atoms with E-state index in [0.29, 0.717) is 17.5 Å². The van der Waals surface area contributed by atoms with E-state index in [9.17, 15) is 4.79 Å². The van der Waals surface area contributed by atoms with Crippen molar-refractivity contribution in [1.29, 1.82) is 0 Å². The summed E-state index contributed by atoms with van der Waals surface area (Å²) >= 11 is 12.2. The van der Waals surface area contributed by atoms with Gasteiger partial charge in [0.05, 0.1) is 11.6 Å². The second-order valence-corrected chi connectivity index (χ2v) is 10.7. The van der Waals surface area contributed by atoms with Gasteiger partial charge < -0.3 is 14.2 Å². The van der Waals surface area contributed by atoms with Crippen LogP contribution in [-0.4, -0.2) is 60.0 Å². The SMILES string of the molecule is Cc1ccc(Cl)cc1N1CCN(C(=O)C2CCCN(Cc3nc(-c4ccc(Cl)cc4)oc3C)C2)CC1. The van der Waals surface area contributed by atoms with Crippen LogP contribution in [0.15, 0.2) is 46.9 Å². The summed E-state index contributed by atoms with van der Waals surface area (Å²) in [6, 6.07) is 13.5. The maximum atomic E-state index is 13.4. The Kier molecular flexibility index (Phi) is 7.56. The van der Waals surface area contributed by atoms with Crippen molar-refractivity contribution >= 4 is 34.8 Å². The van der Waals surface area contributed by atoms with Gasteiger partial charge in [0, 0.05) is 60.6 Å². The average Bonchev–Trinajstić information content (AvgIpc) is 3.25. The number of carbonyl (C=O) groups is 1. The van der Waals surface area contributed by atoms with Crippen LogP contribution in [0.4, 0.5) is 5.69 Å². The van der Waals surface area contributed by atoms with Gasteiger partial charge in [-0.2, -0.15) is 0 Å². The Balaban J connectivity index is 1.18. The third-order valence-corrected chi connectivity index (χ3v) is 7.80. The van der Waals surface area contributed by atoms with Gasteiger partial charge in [0.25, 0.3) is 0 Å². The summed E-state index contributed by atoms with van der Waals surface area (Å²) in [7, 11) is 0. The molecule has 5 rings (SSSR count). The number of benzene rings is 2. The quantitative estimate of drug-likeness (QED) is 0.418. The molecule has 0 aliphatic carbocycles. The molecule has 0 saturated carbocycles. The summed E-state index contributed by atoms with van der Waals surface area (Å²) in [4.78, 5) is 24.9. The summed E-state index contributed by atoms with van der Waals surface area (Å²) in [6.45, 7) is 9.62. The van der Waals surface area contributed by atoms with Gasteiger partial charge in [-0.25, -0.2) is 4.98 Å². The lowest BCUT2D eigenvalue weighted by Gasteiger charge is -2.40. The molecule has 3 aromatic rings. The molecule has 3 heterocycles. The van der Waals surface area contributed by atoms with Crippen LogP contribution in [0.1, 0.15) is 29.9 Å². The van der Waals surface area contributed by atoms with E-state index >= 15 is 0 Å². The van der Waals surface area contributed by atoms with Crippen molar-refractivity contribution < 1.29 is 9.21 Å². The van der Waals surface area contributed by atoms with E-state index < -0.39 is 0 Å². The standard InChI is InChI=1S/C28H32Cl2N4O2/c1-19-5-8-24(30)16-26(19)33-12-14-34(15-13-33)28(35)22-4-3-11-32(17-22)18-25-20(2)36-27(31-25)21-6-9-23(29)10-7-21/h5-10,16,22H,3-4,11-15,17-18H2,1-2H3. The van der Waals surface area contributed by atoms with Crippen molar-refractivity contribution in [3.63, 3.8) is 0 Å². The monoisotopic (exact) mass is 526 g/mol. The number of nitrogens with zero attached hydrogens (tertiary/aromatic N) is 4. The van der Waals surface area contributed by atoms with E-state index in [1.54, 1.807) is 0 Å². The molecule has 0 radical (unpaired) electrons. The lowest BCUT2D eigenvalue weighted by atomic mass is 9.96. The smallest absolute Gasteiger partial charge is 0.227 e. The summed E-state index contributed by atoms with van der Waals surface area (Å²) in [5.74, 6) is 1.74. The minimum absolute atomic E-state index is 0.0288. The van der Waals surface area contributed by atoms with Gasteiger partial charge in [-0.3, -0.25) is 9.69 Å². The molecule has 2 aliphatic heterocycles. The number of amides is 1. The summed E-state index contributed by atoms with van der Waals surface area (Å²) in [5.41, 5.74) is 4.22. The minimum Gasteiger partial charge on any atom is -0.441 e. The largest absolute Gasteiger partial charge is 0.441 e. The molecule has 2 saturated heterocycles. The molecule has 190 valence electrons. The van der Waals surface area contributed by atoms with Crippen LogP contribution in [-0.2, 0) is 11.3 Å². The van der Waals surface area contributed by atoms with Crippen molar-refractivity contribution in [2.24, 2.45) is 5.92 Å². The van der Waals surface area contributed by atoms with Gasteiger partial charge in [-0.1, -0.05) is 29.3 Å². The molecule has 1 amide bonds. The molecule has 0 N–H and O–H groups in total. The number of oxazole rings is 1. The molecule has 0 bridgehead atoms. The number of rotatable bonds is 5. The molecule has 1 atom stereocenters. The Bertz CT molecular complexity index is 1220. The number of hydrogen-bond acceptors (Lipinski definition) is 5. The number of piperidine rings is 1. The highest BCUT2D eigenvalue weighted by molar-refractivity contribution is 6.31. The van der Waals surface area contributed by atoms with Crippen LogP contribution < -0.4 is 4.90 Å². The molecular formula is C28H32Cl2N4O2. The summed E-state index contributed by atoms with van der Waals surface area (Å²) in [6.07, 6.45) is 1.95. The number of hydrogen-bond donors (Lipinski definition) is 0. The molecule has 1 unspecified atom stereocenters. The normalized spacial score (nSPS) is 19.1. The summed E-state index contributed by atoms with van der Waals surface area (Å²) < 4.78 is 5.94. The van der Waals surface area contributed by atoms with Crippen LogP contribution in [0.25, 0.3) is 11.5 Å². The van der Waals surface area contributed by atoms with Crippen molar-refractivity contribution in [1.82, 2.24) is 14.8 Å². The maximum absolute atomic E-state index is 13.4. The molecule has 8 heteroatoms. The number of anilines is 1. The average molecular weight is 527 g/mol. The van der Waals surface area contributed by atoms with E-state index in [-0.39, 0.29) is 11.8 Å². The van der Waals surface area contributed by atoms with Crippen LogP contribution in [0, 0.1) is 19.8 Å². The lowest BCUT2D eigenvalue weighted by Crippen LogP contribution is -2.52. The molecule has 1 aromatic heterocycles. The van der Waals surface area contributed by atoms with E-state index in [2.05, 4.69) is 22.8 Å². The molecule has 36 heavy (non-hydrogen) atoms. The van der Waals surface area contributed by atoms with Gasteiger partial charge in [-0.05, 0) is 75.2 Å². The van der Waals surface area contributed by atoms with Gasteiger partial charge in [0.15, 0.2) is 0 Å². The Morgan fingerprint density at radius 2 is 1.72 bits per heavy atom. The van der Waals surface area contributed by atoms with E-state index in [4.69, 9.17) is 32.6 Å². The van der Waals surface area contributed by atoms with E-state index in [1.807, 2.05) is 48.2 Å². The van der Waals surface area contributed by atoms with Gasteiger partial charge >= 0.3 is 0 Å². The van der Waals surface area contributed by atoms with Crippen LogP contribution in [0.3, 0.4) is 0 Å². The van der Waals surface area contributed by atoms with Gasteiger partial charge in [0.1, 0.15) is 5.76 Å². The molecular weight excluding hydrogens is 495 g/mol. The Morgan fingerprint density at radius 3 is 2.47 bits per heavy atom. The first-order chi connectivity index (χ1) is 17.4. The molecule has 6 nitrogen and oxygen atoms in total. The number of aromatic nitrogens is 1. The van der Waals surface area contributed by atoms with Crippen LogP contribution in [0.5, 0.6) is 0 Å². The zero-order valence-corrected chi connectivity index (χ0v) is 22.4. The maximum Gasteiger partial charge on any atom is 0.227 e. The minimum atomic E-state index is 0.0288. The molecule has 0 spiro atoms. The first-order valence-corrected chi connectivity index (χ1v) is 13.4. The molecule has 2 aromatic carbocycles. The lowest BCUT2D eigenvalue weighted by molar-refractivity contribution is -0.137. The summed E-state index contributed by atoms with van der Waals surface area (Å²) in [5, 5.41) is 1.44. The van der Waals surface area contributed by atoms with Crippen LogP contribution in [0.2, 0.25) is 10.0 Å². The highest BCUT2D eigenvalue weighted by atomic mass is 35.5. The Morgan fingerprint density at radius 1 is 1.00 bits per heavy atom. The number of piperazine rings is 1. The number of halogens is 2. The first kappa shape index (κ1) is 25.1. The number of carbonyl (C=O) groups excluding carboxylic acids is 1. The van der Waals surface area contributed by atoms with Gasteiger partial charge in [0.2, 0.25) is 11.8 Å². The van der Waals surface area contributed by atoms with Crippen LogP contribution >= 0.6 is 23.2 Å². The predicted molar refractivity (Wildman–Crippen MR) is 145 cm³/mol. The fourth-order valence-electron chi connectivity index (χ4n) is 5.25. The van der Waals surface area contributed by atoms with E-state index in [0.717, 1.165) is 74.2 Å². The van der Waals surface area contributed by atoms with Crippen molar-refractivity contribution in [2.45, 2.75) is 33.2 Å². The van der Waals surface area contributed by atoms with Crippen molar-refractivity contribution in [3.05, 3.63) is 69.5 Å². The number of aryl methyl sites for hydroxylation is 2. The Hall–Kier alpha value is -2.54. The highest BCUT2D eigenvalue weighted by Gasteiger charge is 2.32. The van der Waals surface area contributed by atoms with Crippen molar-refractivity contribution in [2.75, 3.05) is 44.2 Å². The van der Waals surface area contributed by atoms with Gasteiger partial charge in [-0.15, -0.1) is 0 Å². The second kappa shape index (κ2) is 10.8.